The standard InChI is InChI=1S/C41H56NO4P/c1-25-35(42-36(43-25)26-19-17-16-18-20-26)41(14,15)46-47-44-33-29(21-27(37(2,3)4)23-31(33)39(8,9)10)30-22-28(38(5,6)7)24-32(34(30)45-47)40(11,12)13/h16-25,35H,1-15H3/t25-,35-/m0/s1. The van der Waals surface area contributed by atoms with E-state index in [1.54, 1.807) is 0 Å². The summed E-state index contributed by atoms with van der Waals surface area (Å²) in [5.74, 6) is 0.639. The van der Waals surface area contributed by atoms with Gasteiger partial charge in [-0.3, -0.25) is 4.52 Å². The van der Waals surface area contributed by atoms with E-state index in [2.05, 4.69) is 128 Å². The molecule has 0 saturated carbocycles. The van der Waals surface area contributed by atoms with Crippen LogP contribution in [0.5, 0.6) is 0 Å². The van der Waals surface area contributed by atoms with E-state index >= 15 is 0 Å². The summed E-state index contributed by atoms with van der Waals surface area (Å²) in [6.07, 6.45) is -0.180. The Morgan fingerprint density at radius 1 is 0.617 bits per heavy atom. The van der Waals surface area contributed by atoms with Crippen molar-refractivity contribution in [2.24, 2.45) is 4.99 Å². The number of benzene rings is 3. The largest absolute Gasteiger partial charge is 0.472 e. The number of rotatable bonds is 4. The molecule has 5 rings (SSSR count). The van der Waals surface area contributed by atoms with Crippen molar-refractivity contribution < 1.29 is 17.7 Å². The summed E-state index contributed by atoms with van der Waals surface area (Å²) in [5.41, 5.74) is 6.18. The van der Waals surface area contributed by atoms with E-state index < -0.39 is 13.8 Å². The van der Waals surface area contributed by atoms with Crippen molar-refractivity contribution in [2.75, 3.05) is 0 Å². The molecule has 0 N–H and O–H groups in total. The number of fused-ring (bicyclic) bond motifs is 3. The van der Waals surface area contributed by atoms with Gasteiger partial charge in [0.05, 0.1) is 0 Å². The fourth-order valence-electron chi connectivity index (χ4n) is 6.23. The van der Waals surface area contributed by atoms with Gasteiger partial charge < -0.3 is 13.1 Å². The Labute approximate surface area is 283 Å². The highest BCUT2D eigenvalue weighted by Crippen LogP contribution is 2.46. The topological polar surface area (TPSA) is 57.1 Å². The maximum atomic E-state index is 7.03. The molecule has 0 saturated heterocycles. The van der Waals surface area contributed by atoms with Gasteiger partial charge in [0.1, 0.15) is 28.9 Å². The van der Waals surface area contributed by atoms with Gasteiger partial charge in [0, 0.05) is 27.5 Å². The molecule has 0 unspecified atom stereocenters. The number of aliphatic imine (C=N–C) groups is 1. The van der Waals surface area contributed by atoms with Crippen molar-refractivity contribution in [1.29, 1.82) is 0 Å². The van der Waals surface area contributed by atoms with Crippen LogP contribution in [0.3, 0.4) is 0 Å². The third-order valence-corrected chi connectivity index (χ3v) is 10.5. The van der Waals surface area contributed by atoms with Gasteiger partial charge in [0.2, 0.25) is 5.90 Å². The van der Waals surface area contributed by atoms with Crippen LogP contribution in [-0.2, 0) is 26.4 Å². The molecule has 1 aliphatic rings. The molecule has 2 heterocycles. The zero-order valence-electron chi connectivity index (χ0n) is 31.4. The van der Waals surface area contributed by atoms with E-state index in [1.165, 1.54) is 11.1 Å². The zero-order valence-corrected chi connectivity index (χ0v) is 32.3. The molecule has 47 heavy (non-hydrogen) atoms. The molecular formula is C41H56NO4P. The van der Waals surface area contributed by atoms with Gasteiger partial charge in [0.15, 0.2) is 0 Å². The number of ether oxygens (including phenoxy) is 1. The van der Waals surface area contributed by atoms with Crippen molar-refractivity contribution in [3.8, 4) is 0 Å². The molecule has 2 atom stereocenters. The summed E-state index contributed by atoms with van der Waals surface area (Å²) in [4.78, 5) is 5.05. The van der Waals surface area contributed by atoms with E-state index in [-0.39, 0.29) is 33.8 Å². The molecule has 5 nitrogen and oxygen atoms in total. The van der Waals surface area contributed by atoms with E-state index in [9.17, 15) is 0 Å². The first-order chi connectivity index (χ1) is 21.5. The lowest BCUT2D eigenvalue weighted by Crippen LogP contribution is -2.44. The summed E-state index contributed by atoms with van der Waals surface area (Å²) >= 11 is 0. The highest BCUT2D eigenvalue weighted by Gasteiger charge is 2.43. The van der Waals surface area contributed by atoms with Crippen molar-refractivity contribution in [1.82, 2.24) is 0 Å². The van der Waals surface area contributed by atoms with Gasteiger partial charge in [0.25, 0.3) is 0 Å². The van der Waals surface area contributed by atoms with Gasteiger partial charge in [-0.15, -0.1) is 0 Å². The summed E-state index contributed by atoms with van der Waals surface area (Å²) < 4.78 is 27.3. The third kappa shape index (κ3) is 7.22. The molecule has 0 spiro atoms. The molecule has 4 aromatic rings. The second-order valence-corrected chi connectivity index (χ2v) is 19.0. The fourth-order valence-corrected chi connectivity index (χ4v) is 7.53. The van der Waals surface area contributed by atoms with Crippen LogP contribution in [0, 0.1) is 0 Å². The van der Waals surface area contributed by atoms with Gasteiger partial charge in [-0.05, 0) is 77.8 Å². The molecule has 6 heteroatoms. The molecule has 254 valence electrons. The van der Waals surface area contributed by atoms with E-state index in [4.69, 9.17) is 22.6 Å². The molecule has 0 aliphatic carbocycles. The minimum absolute atomic E-state index is 0.0623. The van der Waals surface area contributed by atoms with Crippen LogP contribution in [0.4, 0.5) is 0 Å². The van der Waals surface area contributed by atoms with Crippen LogP contribution >= 0.6 is 8.24 Å². The number of nitrogens with zero attached hydrogens (tertiary/aromatic N) is 1. The van der Waals surface area contributed by atoms with Gasteiger partial charge in [-0.2, -0.15) is 0 Å². The van der Waals surface area contributed by atoms with E-state index in [0.29, 0.717) is 5.90 Å². The Balaban J connectivity index is 1.86. The fraction of sp³-hybridized carbons (Fsp3) is 0.537. The van der Waals surface area contributed by atoms with Gasteiger partial charge >= 0.3 is 8.24 Å². The average molecular weight is 658 g/mol. The third-order valence-electron chi connectivity index (χ3n) is 9.19. The lowest BCUT2D eigenvalue weighted by atomic mass is 9.77. The molecule has 3 aromatic carbocycles. The Hall–Kier alpha value is -3.01. The molecule has 0 amide bonds. The lowest BCUT2D eigenvalue weighted by Gasteiger charge is -2.29. The average Bonchev–Trinajstić information content (AvgIpc) is 3.26. The molecule has 0 bridgehead atoms. The van der Waals surface area contributed by atoms with Gasteiger partial charge in [-0.25, -0.2) is 4.99 Å². The molecule has 1 aromatic heterocycles. The van der Waals surface area contributed by atoms with Crippen LogP contribution in [0.15, 0.2) is 68.0 Å². The summed E-state index contributed by atoms with van der Waals surface area (Å²) in [6.45, 7) is 33.3. The molecular weight excluding hydrogens is 601 g/mol. The Morgan fingerprint density at radius 3 is 1.47 bits per heavy atom. The smallest absolute Gasteiger partial charge is 0.388 e. The van der Waals surface area contributed by atoms with E-state index in [0.717, 1.165) is 38.6 Å². The minimum atomic E-state index is -1.89. The highest BCUT2D eigenvalue weighted by atomic mass is 31.1. The zero-order chi connectivity index (χ0) is 34.9. The van der Waals surface area contributed by atoms with Gasteiger partial charge in [-0.1, -0.05) is 113 Å². The van der Waals surface area contributed by atoms with Crippen LogP contribution in [0.1, 0.15) is 132 Å². The normalized spacial score (nSPS) is 18.1. The first-order valence-corrected chi connectivity index (χ1v) is 18.1. The minimum Gasteiger partial charge on any atom is -0.472 e. The van der Waals surface area contributed by atoms with Crippen LogP contribution in [-0.4, -0.2) is 23.6 Å². The van der Waals surface area contributed by atoms with Crippen molar-refractivity contribution in [2.45, 2.75) is 143 Å². The summed E-state index contributed by atoms with van der Waals surface area (Å²) in [7, 11) is -1.89. The predicted molar refractivity (Wildman–Crippen MR) is 199 cm³/mol. The molecule has 0 radical (unpaired) electrons. The van der Waals surface area contributed by atoms with Crippen molar-refractivity contribution >= 4 is 36.1 Å². The Morgan fingerprint density at radius 2 is 1.06 bits per heavy atom. The number of hydrogen-bond donors (Lipinski definition) is 0. The van der Waals surface area contributed by atoms with Crippen LogP contribution < -0.4 is 4.52 Å². The summed E-state index contributed by atoms with van der Waals surface area (Å²) in [6, 6.07) is 19.1. The first kappa shape index (κ1) is 35.3. The maximum absolute atomic E-state index is 7.03. The maximum Gasteiger partial charge on any atom is 0.388 e. The van der Waals surface area contributed by atoms with Crippen molar-refractivity contribution in [3.05, 3.63) is 82.4 Å². The van der Waals surface area contributed by atoms with Crippen molar-refractivity contribution in [3.63, 3.8) is 0 Å². The van der Waals surface area contributed by atoms with Crippen LogP contribution in [0.2, 0.25) is 0 Å². The SMILES string of the molecule is C[C@@H]1OC(c2ccccc2)=N[C@@H]1C(C)(C)Op1oc2c(C(C)(C)C)cc(C(C)(C)C)cc2c2cc(C(C)(C)C)cc(C(C)(C)C)c2o1. The van der Waals surface area contributed by atoms with Crippen LogP contribution in [0.25, 0.3) is 21.9 Å². The predicted octanol–water partition coefficient (Wildman–Crippen LogP) is 11.9. The lowest BCUT2D eigenvalue weighted by molar-refractivity contribution is 0.0758. The van der Waals surface area contributed by atoms with E-state index in [1.807, 2.05) is 30.3 Å². The second-order valence-electron chi connectivity index (χ2n) is 18.0. The quantitative estimate of drug-likeness (QED) is 0.219. The summed E-state index contributed by atoms with van der Waals surface area (Å²) in [5, 5.41) is 2.12. The Bertz CT molecular complexity index is 1760. The molecule has 1 aliphatic heterocycles. The Kier molecular flexibility index (Phi) is 8.90. The molecule has 0 fully saturated rings. The first-order valence-electron chi connectivity index (χ1n) is 17.0. The highest BCUT2D eigenvalue weighted by molar-refractivity contribution is 7.31. The number of hydrogen-bond acceptors (Lipinski definition) is 5. The second kappa shape index (κ2) is 11.8. The monoisotopic (exact) mass is 657 g/mol.